The van der Waals surface area contributed by atoms with Gasteiger partial charge in [0.1, 0.15) is 0 Å². The highest BCUT2D eigenvalue weighted by atomic mass is 16.2. The van der Waals surface area contributed by atoms with Gasteiger partial charge < -0.3 is 10.4 Å². The van der Waals surface area contributed by atoms with Gasteiger partial charge in [-0.3, -0.25) is 9.78 Å². The summed E-state index contributed by atoms with van der Waals surface area (Å²) in [6.07, 6.45) is 3.67. The van der Waals surface area contributed by atoms with Gasteiger partial charge >= 0.3 is 0 Å². The largest absolute Gasteiger partial charge is 0.395 e. The molecule has 1 amide bonds. The van der Waals surface area contributed by atoms with Crippen LogP contribution in [-0.2, 0) is 0 Å². The smallest absolute Gasteiger partial charge is 0.257 e. The first-order chi connectivity index (χ1) is 10.2. The Hall–Kier alpha value is -2.64. The maximum atomic E-state index is 12.1. The van der Waals surface area contributed by atoms with Crippen LogP contribution in [0.15, 0.2) is 42.7 Å². The molecule has 0 saturated carbocycles. The Balaban J connectivity index is 2.11. The minimum absolute atomic E-state index is 0.0454. The summed E-state index contributed by atoms with van der Waals surface area (Å²) in [4.78, 5) is 16.1. The van der Waals surface area contributed by atoms with E-state index in [1.807, 2.05) is 19.1 Å². The van der Waals surface area contributed by atoms with Gasteiger partial charge in [-0.25, -0.2) is 0 Å². The van der Waals surface area contributed by atoms with Crippen LogP contribution in [-0.4, -0.2) is 22.6 Å². The molecule has 0 saturated heterocycles. The fourth-order valence-electron chi connectivity index (χ4n) is 1.78. The van der Waals surface area contributed by atoms with E-state index >= 15 is 0 Å². The van der Waals surface area contributed by atoms with Gasteiger partial charge in [0.2, 0.25) is 0 Å². The SMILES string of the molecule is Cc1cncc(C(=O)Nc2cccc(C#CCCO)c2)c1. The van der Waals surface area contributed by atoms with Crippen molar-refractivity contribution in [3.8, 4) is 11.8 Å². The topological polar surface area (TPSA) is 62.2 Å². The van der Waals surface area contributed by atoms with Crippen LogP contribution in [0.25, 0.3) is 0 Å². The van der Waals surface area contributed by atoms with Crippen molar-refractivity contribution < 1.29 is 9.90 Å². The Morgan fingerprint density at radius 2 is 2.19 bits per heavy atom. The molecule has 0 bridgehead atoms. The van der Waals surface area contributed by atoms with Gasteiger partial charge in [-0.15, -0.1) is 0 Å². The van der Waals surface area contributed by atoms with Crippen molar-refractivity contribution in [2.45, 2.75) is 13.3 Å². The molecular formula is C17H16N2O2. The summed E-state index contributed by atoms with van der Waals surface area (Å²) >= 11 is 0. The number of nitrogens with zero attached hydrogens (tertiary/aromatic N) is 1. The van der Waals surface area contributed by atoms with Gasteiger partial charge in [-0.2, -0.15) is 0 Å². The van der Waals surface area contributed by atoms with Crippen LogP contribution in [0.3, 0.4) is 0 Å². The van der Waals surface area contributed by atoms with E-state index in [-0.39, 0.29) is 12.5 Å². The molecule has 4 heteroatoms. The van der Waals surface area contributed by atoms with Crippen molar-refractivity contribution in [1.29, 1.82) is 0 Å². The van der Waals surface area contributed by atoms with E-state index in [0.29, 0.717) is 17.7 Å². The average Bonchev–Trinajstić information content (AvgIpc) is 2.48. The van der Waals surface area contributed by atoms with Gasteiger partial charge in [0.25, 0.3) is 5.91 Å². The van der Waals surface area contributed by atoms with Crippen LogP contribution in [0, 0.1) is 18.8 Å². The second-order valence-electron chi connectivity index (χ2n) is 4.56. The number of aromatic nitrogens is 1. The molecule has 0 unspecified atom stereocenters. The molecule has 1 heterocycles. The Kier molecular flexibility index (Phi) is 5.08. The molecule has 106 valence electrons. The lowest BCUT2D eigenvalue weighted by atomic mass is 10.1. The first-order valence-electron chi connectivity index (χ1n) is 6.62. The van der Waals surface area contributed by atoms with Crippen molar-refractivity contribution in [1.82, 2.24) is 4.98 Å². The predicted molar refractivity (Wildman–Crippen MR) is 82.0 cm³/mol. The Labute approximate surface area is 123 Å². The molecule has 21 heavy (non-hydrogen) atoms. The van der Waals surface area contributed by atoms with Crippen molar-refractivity contribution in [3.63, 3.8) is 0 Å². The Morgan fingerprint density at radius 3 is 2.95 bits per heavy atom. The van der Waals surface area contributed by atoms with Crippen molar-refractivity contribution in [3.05, 3.63) is 59.4 Å². The predicted octanol–water partition coefficient (Wildman–Crippen LogP) is 2.38. The number of anilines is 1. The van der Waals surface area contributed by atoms with E-state index in [1.54, 1.807) is 24.4 Å². The van der Waals surface area contributed by atoms with Crippen LogP contribution in [0.4, 0.5) is 5.69 Å². The van der Waals surface area contributed by atoms with Crippen LogP contribution in [0.5, 0.6) is 0 Å². The second kappa shape index (κ2) is 7.22. The van der Waals surface area contributed by atoms with E-state index in [2.05, 4.69) is 22.1 Å². The molecule has 0 radical (unpaired) electrons. The number of benzene rings is 1. The van der Waals surface area contributed by atoms with Gasteiger partial charge in [0.05, 0.1) is 12.2 Å². The molecule has 2 rings (SSSR count). The molecule has 1 aromatic carbocycles. The zero-order chi connectivity index (χ0) is 15.1. The quantitative estimate of drug-likeness (QED) is 0.849. The van der Waals surface area contributed by atoms with Gasteiger partial charge in [-0.05, 0) is 36.8 Å². The van der Waals surface area contributed by atoms with E-state index in [9.17, 15) is 4.79 Å². The minimum Gasteiger partial charge on any atom is -0.395 e. The molecular weight excluding hydrogens is 264 g/mol. The number of aliphatic hydroxyl groups excluding tert-OH is 1. The molecule has 0 spiro atoms. The first-order valence-corrected chi connectivity index (χ1v) is 6.62. The van der Waals surface area contributed by atoms with E-state index < -0.39 is 0 Å². The normalized spacial score (nSPS) is 9.62. The second-order valence-corrected chi connectivity index (χ2v) is 4.56. The lowest BCUT2D eigenvalue weighted by Gasteiger charge is -2.06. The standard InChI is InChI=1S/C17H16N2O2/c1-13-9-15(12-18-11-13)17(21)19-16-7-4-6-14(10-16)5-2-3-8-20/h4,6-7,9-12,20H,3,8H2,1H3,(H,19,21). The highest BCUT2D eigenvalue weighted by Crippen LogP contribution is 2.12. The lowest BCUT2D eigenvalue weighted by Crippen LogP contribution is -2.12. The van der Waals surface area contributed by atoms with Gasteiger partial charge in [-0.1, -0.05) is 17.9 Å². The van der Waals surface area contributed by atoms with Crippen molar-refractivity contribution >= 4 is 11.6 Å². The first kappa shape index (κ1) is 14.8. The summed E-state index contributed by atoms with van der Waals surface area (Å²) in [5.41, 5.74) is 2.93. The molecule has 4 nitrogen and oxygen atoms in total. The summed E-state index contributed by atoms with van der Waals surface area (Å²) in [5.74, 6) is 5.58. The van der Waals surface area contributed by atoms with Crippen molar-refractivity contribution in [2.75, 3.05) is 11.9 Å². The number of amides is 1. The molecule has 0 fully saturated rings. The highest BCUT2D eigenvalue weighted by Gasteiger charge is 2.06. The molecule has 0 aliphatic carbocycles. The molecule has 0 atom stereocenters. The van der Waals surface area contributed by atoms with E-state index in [1.165, 1.54) is 6.20 Å². The zero-order valence-corrected chi connectivity index (χ0v) is 11.8. The molecule has 1 aromatic heterocycles. The van der Waals surface area contributed by atoms with E-state index in [4.69, 9.17) is 5.11 Å². The average molecular weight is 280 g/mol. The number of pyridine rings is 1. The summed E-state index contributed by atoms with van der Waals surface area (Å²) in [5, 5.41) is 11.5. The van der Waals surface area contributed by atoms with Crippen LogP contribution in [0.1, 0.15) is 27.9 Å². The van der Waals surface area contributed by atoms with Crippen LogP contribution in [0.2, 0.25) is 0 Å². The third-order valence-corrected chi connectivity index (χ3v) is 2.73. The zero-order valence-electron chi connectivity index (χ0n) is 11.8. The minimum atomic E-state index is -0.202. The van der Waals surface area contributed by atoms with Crippen molar-refractivity contribution in [2.24, 2.45) is 0 Å². The fourth-order valence-corrected chi connectivity index (χ4v) is 1.78. The monoisotopic (exact) mass is 280 g/mol. The van der Waals surface area contributed by atoms with E-state index in [0.717, 1.165) is 11.1 Å². The summed E-state index contributed by atoms with van der Waals surface area (Å²) in [7, 11) is 0. The van der Waals surface area contributed by atoms with Crippen LogP contribution >= 0.6 is 0 Å². The number of nitrogens with one attached hydrogen (secondary N) is 1. The Bertz CT molecular complexity index is 699. The lowest BCUT2D eigenvalue weighted by molar-refractivity contribution is 0.102. The number of rotatable bonds is 3. The third kappa shape index (κ3) is 4.44. The summed E-state index contributed by atoms with van der Waals surface area (Å²) < 4.78 is 0. The molecule has 0 aliphatic heterocycles. The number of carbonyl (C=O) groups is 1. The number of carbonyl (C=O) groups excluding carboxylic acids is 1. The van der Waals surface area contributed by atoms with Gasteiger partial charge in [0, 0.05) is 30.1 Å². The fraction of sp³-hybridized carbons (Fsp3) is 0.176. The maximum Gasteiger partial charge on any atom is 0.257 e. The van der Waals surface area contributed by atoms with Gasteiger partial charge in [0.15, 0.2) is 0 Å². The summed E-state index contributed by atoms with van der Waals surface area (Å²) in [6.45, 7) is 1.94. The van der Waals surface area contributed by atoms with Crippen LogP contribution < -0.4 is 5.32 Å². The summed E-state index contributed by atoms with van der Waals surface area (Å²) in [6, 6.07) is 9.07. The Morgan fingerprint density at radius 1 is 1.33 bits per heavy atom. The third-order valence-electron chi connectivity index (χ3n) is 2.73. The highest BCUT2D eigenvalue weighted by molar-refractivity contribution is 6.04. The molecule has 2 aromatic rings. The number of hydrogen-bond acceptors (Lipinski definition) is 3. The number of aryl methyl sites for hydroxylation is 1. The maximum absolute atomic E-state index is 12.1. The molecule has 0 aliphatic rings. The number of aliphatic hydroxyl groups is 1. The molecule has 2 N–H and O–H groups in total. The number of hydrogen-bond donors (Lipinski definition) is 2.